The fourth-order valence-electron chi connectivity index (χ4n) is 2.26. The SMILES string of the molecule is CNC(Cc1ccc(F)cc1Cl)c1cc(C)cc(Cl)c1. The molecule has 4 heteroatoms. The van der Waals surface area contributed by atoms with Gasteiger partial charge in [-0.25, -0.2) is 4.39 Å². The van der Waals surface area contributed by atoms with E-state index in [0.29, 0.717) is 16.5 Å². The van der Waals surface area contributed by atoms with E-state index >= 15 is 0 Å². The maximum Gasteiger partial charge on any atom is 0.124 e. The molecule has 0 aliphatic carbocycles. The number of rotatable bonds is 4. The molecule has 2 aromatic carbocycles. The van der Waals surface area contributed by atoms with E-state index < -0.39 is 0 Å². The second-order valence-corrected chi connectivity index (χ2v) is 5.69. The van der Waals surface area contributed by atoms with Crippen molar-refractivity contribution in [3.63, 3.8) is 0 Å². The van der Waals surface area contributed by atoms with Crippen molar-refractivity contribution in [2.75, 3.05) is 7.05 Å². The van der Waals surface area contributed by atoms with Crippen LogP contribution in [0.1, 0.15) is 22.7 Å². The summed E-state index contributed by atoms with van der Waals surface area (Å²) in [5.74, 6) is -0.321. The van der Waals surface area contributed by atoms with Gasteiger partial charge in [0.05, 0.1) is 0 Å². The minimum Gasteiger partial charge on any atom is -0.313 e. The summed E-state index contributed by atoms with van der Waals surface area (Å²) in [6.45, 7) is 2.01. The standard InChI is InChI=1S/C16H16Cl2FN/c1-10-5-12(7-13(17)6-10)16(20-2)8-11-3-4-14(19)9-15(11)18/h3-7,9,16,20H,8H2,1-2H3. The first kappa shape index (κ1) is 15.3. The molecule has 2 aromatic rings. The molecule has 1 nitrogen and oxygen atoms in total. The van der Waals surface area contributed by atoms with Crippen molar-refractivity contribution in [1.29, 1.82) is 0 Å². The quantitative estimate of drug-likeness (QED) is 0.843. The Kier molecular flexibility index (Phi) is 5.03. The van der Waals surface area contributed by atoms with Crippen molar-refractivity contribution < 1.29 is 4.39 Å². The van der Waals surface area contributed by atoms with Gasteiger partial charge in [-0.05, 0) is 61.3 Å². The normalized spacial score (nSPS) is 12.4. The van der Waals surface area contributed by atoms with Gasteiger partial charge < -0.3 is 5.32 Å². The van der Waals surface area contributed by atoms with E-state index in [4.69, 9.17) is 23.2 Å². The van der Waals surface area contributed by atoms with Gasteiger partial charge in [-0.2, -0.15) is 0 Å². The maximum absolute atomic E-state index is 13.1. The summed E-state index contributed by atoms with van der Waals surface area (Å²) in [4.78, 5) is 0. The lowest BCUT2D eigenvalue weighted by molar-refractivity contribution is 0.588. The van der Waals surface area contributed by atoms with E-state index in [1.165, 1.54) is 12.1 Å². The van der Waals surface area contributed by atoms with Gasteiger partial charge in [-0.3, -0.25) is 0 Å². The lowest BCUT2D eigenvalue weighted by atomic mass is 9.97. The van der Waals surface area contributed by atoms with E-state index in [1.54, 1.807) is 6.07 Å². The Morgan fingerprint density at radius 2 is 1.90 bits per heavy atom. The molecule has 0 saturated carbocycles. The molecule has 0 amide bonds. The van der Waals surface area contributed by atoms with E-state index in [9.17, 15) is 4.39 Å². The van der Waals surface area contributed by atoms with Crippen LogP contribution in [0.5, 0.6) is 0 Å². The van der Waals surface area contributed by atoms with Crippen molar-refractivity contribution >= 4 is 23.2 Å². The number of hydrogen-bond donors (Lipinski definition) is 1. The molecule has 0 spiro atoms. The van der Waals surface area contributed by atoms with Crippen LogP contribution in [0.3, 0.4) is 0 Å². The highest BCUT2D eigenvalue weighted by molar-refractivity contribution is 6.31. The molecule has 0 fully saturated rings. The predicted molar refractivity (Wildman–Crippen MR) is 83.1 cm³/mol. The van der Waals surface area contributed by atoms with Gasteiger partial charge in [-0.1, -0.05) is 35.3 Å². The second-order valence-electron chi connectivity index (χ2n) is 4.84. The number of halogens is 3. The van der Waals surface area contributed by atoms with Crippen LogP contribution >= 0.6 is 23.2 Å². The summed E-state index contributed by atoms with van der Waals surface area (Å²) in [5, 5.41) is 4.41. The van der Waals surface area contributed by atoms with Crippen LogP contribution in [0.25, 0.3) is 0 Å². The predicted octanol–water partition coefficient (Wildman–Crippen LogP) is 4.94. The third-order valence-corrected chi connectivity index (χ3v) is 3.82. The second kappa shape index (κ2) is 6.57. The first-order valence-corrected chi connectivity index (χ1v) is 7.13. The molecule has 0 aliphatic heterocycles. The van der Waals surface area contributed by atoms with E-state index in [2.05, 4.69) is 11.4 Å². The third kappa shape index (κ3) is 3.72. The fraction of sp³-hybridized carbons (Fsp3) is 0.250. The zero-order chi connectivity index (χ0) is 14.7. The highest BCUT2D eigenvalue weighted by atomic mass is 35.5. The summed E-state index contributed by atoms with van der Waals surface area (Å²) in [6, 6.07) is 10.5. The minimum atomic E-state index is -0.321. The molecule has 106 valence electrons. The highest BCUT2D eigenvalue weighted by Crippen LogP contribution is 2.26. The molecule has 0 bridgehead atoms. The molecule has 0 aliphatic rings. The van der Waals surface area contributed by atoms with E-state index in [1.807, 2.05) is 26.1 Å². The molecular weight excluding hydrogens is 296 g/mol. The van der Waals surface area contributed by atoms with Crippen LogP contribution in [0.2, 0.25) is 10.0 Å². The molecule has 20 heavy (non-hydrogen) atoms. The highest BCUT2D eigenvalue weighted by Gasteiger charge is 2.13. The first-order chi connectivity index (χ1) is 9.49. The van der Waals surface area contributed by atoms with Gasteiger partial charge in [0.15, 0.2) is 0 Å². The van der Waals surface area contributed by atoms with Gasteiger partial charge >= 0.3 is 0 Å². The zero-order valence-corrected chi connectivity index (χ0v) is 12.9. The largest absolute Gasteiger partial charge is 0.313 e. The smallest absolute Gasteiger partial charge is 0.124 e. The van der Waals surface area contributed by atoms with Crippen molar-refractivity contribution in [2.45, 2.75) is 19.4 Å². The van der Waals surface area contributed by atoms with Crippen LogP contribution in [0.4, 0.5) is 4.39 Å². The maximum atomic E-state index is 13.1. The lowest BCUT2D eigenvalue weighted by Gasteiger charge is -2.18. The monoisotopic (exact) mass is 311 g/mol. The summed E-state index contributed by atoms with van der Waals surface area (Å²) in [5.41, 5.74) is 3.11. The Hall–Kier alpha value is -1.09. The summed E-state index contributed by atoms with van der Waals surface area (Å²) in [7, 11) is 1.89. The topological polar surface area (TPSA) is 12.0 Å². The van der Waals surface area contributed by atoms with Crippen molar-refractivity contribution in [2.24, 2.45) is 0 Å². The lowest BCUT2D eigenvalue weighted by Crippen LogP contribution is -2.19. The molecule has 0 radical (unpaired) electrons. The number of hydrogen-bond acceptors (Lipinski definition) is 1. The van der Waals surface area contributed by atoms with Crippen LogP contribution in [0.15, 0.2) is 36.4 Å². The molecule has 0 aromatic heterocycles. The summed E-state index contributed by atoms with van der Waals surface area (Å²) in [6.07, 6.45) is 0.676. The molecule has 2 rings (SSSR count). The number of benzene rings is 2. The van der Waals surface area contributed by atoms with Crippen LogP contribution in [-0.2, 0) is 6.42 Å². The molecule has 1 N–H and O–H groups in total. The van der Waals surface area contributed by atoms with Crippen LogP contribution < -0.4 is 5.32 Å². The average Bonchev–Trinajstić information content (AvgIpc) is 2.36. The van der Waals surface area contributed by atoms with E-state index in [0.717, 1.165) is 16.7 Å². The van der Waals surface area contributed by atoms with Gasteiger partial charge in [0, 0.05) is 16.1 Å². The molecule has 1 atom stereocenters. The number of nitrogens with one attached hydrogen (secondary N) is 1. The molecule has 0 saturated heterocycles. The Labute approximate surface area is 128 Å². The first-order valence-electron chi connectivity index (χ1n) is 6.38. The Morgan fingerprint density at radius 1 is 1.15 bits per heavy atom. The Balaban J connectivity index is 2.28. The molecule has 0 heterocycles. The average molecular weight is 312 g/mol. The minimum absolute atomic E-state index is 0.0790. The zero-order valence-electron chi connectivity index (χ0n) is 11.4. The van der Waals surface area contributed by atoms with Crippen molar-refractivity contribution in [1.82, 2.24) is 5.32 Å². The third-order valence-electron chi connectivity index (χ3n) is 3.25. The van der Waals surface area contributed by atoms with Crippen molar-refractivity contribution in [3.05, 3.63) is 69.0 Å². The van der Waals surface area contributed by atoms with E-state index in [-0.39, 0.29) is 11.9 Å². The Bertz CT molecular complexity index is 593. The van der Waals surface area contributed by atoms with Gasteiger partial charge in [-0.15, -0.1) is 0 Å². The van der Waals surface area contributed by atoms with Crippen LogP contribution in [0, 0.1) is 12.7 Å². The van der Waals surface area contributed by atoms with Crippen molar-refractivity contribution in [3.8, 4) is 0 Å². The number of likely N-dealkylation sites (N-methyl/N-ethyl adjacent to an activating group) is 1. The molecule has 1 unspecified atom stereocenters. The summed E-state index contributed by atoms with van der Waals surface area (Å²) < 4.78 is 13.1. The fourth-order valence-corrected chi connectivity index (χ4v) is 2.80. The summed E-state index contributed by atoms with van der Waals surface area (Å²) >= 11 is 12.2. The molecular formula is C16H16Cl2FN. The van der Waals surface area contributed by atoms with Gasteiger partial charge in [0.25, 0.3) is 0 Å². The Morgan fingerprint density at radius 3 is 2.50 bits per heavy atom. The van der Waals surface area contributed by atoms with Gasteiger partial charge in [0.2, 0.25) is 0 Å². The van der Waals surface area contributed by atoms with Crippen LogP contribution in [-0.4, -0.2) is 7.05 Å². The number of aryl methyl sites for hydroxylation is 1. The van der Waals surface area contributed by atoms with Gasteiger partial charge in [0.1, 0.15) is 5.82 Å².